The molecule has 1 amide bonds. The molecule has 2 aromatic rings. The zero-order valence-electron chi connectivity index (χ0n) is 17.5. The molecule has 2 atom stereocenters. The number of ether oxygens (including phenoxy) is 1. The molecule has 0 bridgehead atoms. The molecule has 164 valence electrons. The lowest BCUT2D eigenvalue weighted by Gasteiger charge is -2.27. The quantitative estimate of drug-likeness (QED) is 0.503. The maximum absolute atomic E-state index is 12.6. The highest BCUT2D eigenvalue weighted by Crippen LogP contribution is 2.52. The van der Waals surface area contributed by atoms with Crippen LogP contribution in [0.5, 0.6) is 5.75 Å². The highest BCUT2D eigenvalue weighted by Gasteiger charge is 2.42. The molecule has 2 aromatic carbocycles. The predicted octanol–water partition coefficient (Wildman–Crippen LogP) is 4.77. The van der Waals surface area contributed by atoms with Crippen molar-refractivity contribution in [1.29, 1.82) is 0 Å². The molecule has 32 heavy (non-hydrogen) atoms. The number of carboxylic acids is 1. The predicted molar refractivity (Wildman–Crippen MR) is 129 cm³/mol. The lowest BCUT2D eigenvalue weighted by molar-refractivity contribution is -0.140. The van der Waals surface area contributed by atoms with Gasteiger partial charge in [-0.15, -0.1) is 0 Å². The number of fused-ring (bicyclic) bond motifs is 3. The molecular weight excluding hydrogens is 444 g/mol. The van der Waals surface area contributed by atoms with Crippen LogP contribution in [0.25, 0.3) is 6.08 Å². The van der Waals surface area contributed by atoms with Crippen molar-refractivity contribution in [1.82, 2.24) is 4.90 Å². The highest BCUT2D eigenvalue weighted by atomic mass is 32.2. The number of anilines is 2. The van der Waals surface area contributed by atoms with E-state index in [0.29, 0.717) is 16.9 Å². The van der Waals surface area contributed by atoms with Gasteiger partial charge in [0.05, 0.1) is 12.0 Å². The minimum Gasteiger partial charge on any atom is -0.497 e. The van der Waals surface area contributed by atoms with Crippen LogP contribution in [0.2, 0.25) is 0 Å². The summed E-state index contributed by atoms with van der Waals surface area (Å²) in [5.74, 6) is -0.124. The summed E-state index contributed by atoms with van der Waals surface area (Å²) in [6, 6.07) is 14.9. The number of methoxy groups -OCH3 is 1. The second-order valence-electron chi connectivity index (χ2n) is 8.15. The van der Waals surface area contributed by atoms with Gasteiger partial charge in [0, 0.05) is 23.3 Å². The number of carbonyl (C=O) groups is 2. The standard InChI is InChI=1S/C24H22N2O4S2/c1-30-16-8-6-15(7-9-16)26-19-4-2-3-17(19)18-11-14(5-10-20(18)26)12-21-23(29)25(13-22(27)28)24(31)32-21/h5-12,17,19H,2-4,13H2,1H3,(H,27,28)/b21-12-/t17-,19-/m0/s1. The Balaban J connectivity index is 1.47. The molecule has 8 heteroatoms. The van der Waals surface area contributed by atoms with E-state index >= 15 is 0 Å². The smallest absolute Gasteiger partial charge is 0.323 e. The van der Waals surface area contributed by atoms with Crippen LogP contribution >= 0.6 is 24.0 Å². The van der Waals surface area contributed by atoms with Crippen molar-refractivity contribution in [2.24, 2.45) is 0 Å². The van der Waals surface area contributed by atoms with Crippen molar-refractivity contribution >= 4 is 57.6 Å². The van der Waals surface area contributed by atoms with Gasteiger partial charge in [0.25, 0.3) is 5.91 Å². The Hall–Kier alpha value is -2.84. The number of carboxylic acid groups (broad SMARTS) is 1. The first kappa shape index (κ1) is 21.0. The van der Waals surface area contributed by atoms with E-state index in [1.807, 2.05) is 24.3 Å². The van der Waals surface area contributed by atoms with Gasteiger partial charge in [-0.05, 0) is 66.4 Å². The SMILES string of the molecule is COc1ccc(N2c3ccc(/C=C4\SC(=S)N(CC(=O)O)C4=O)cc3[C@@H]3CCC[C@@H]32)cc1. The largest absolute Gasteiger partial charge is 0.497 e. The van der Waals surface area contributed by atoms with Gasteiger partial charge < -0.3 is 14.7 Å². The molecule has 0 aromatic heterocycles. The van der Waals surface area contributed by atoms with Gasteiger partial charge in [-0.1, -0.05) is 36.5 Å². The molecule has 3 aliphatic rings. The molecule has 1 saturated heterocycles. The molecule has 2 heterocycles. The molecule has 1 aliphatic carbocycles. The third-order valence-corrected chi connectivity index (χ3v) is 7.71. The summed E-state index contributed by atoms with van der Waals surface area (Å²) >= 11 is 6.36. The van der Waals surface area contributed by atoms with Crippen LogP contribution in [0.15, 0.2) is 47.4 Å². The van der Waals surface area contributed by atoms with Crippen LogP contribution < -0.4 is 9.64 Å². The summed E-state index contributed by atoms with van der Waals surface area (Å²) in [4.78, 5) is 27.7. The lowest BCUT2D eigenvalue weighted by Crippen LogP contribution is -2.33. The molecule has 2 aliphatic heterocycles. The maximum Gasteiger partial charge on any atom is 0.323 e. The topological polar surface area (TPSA) is 70.1 Å². The summed E-state index contributed by atoms with van der Waals surface area (Å²) in [5.41, 5.74) is 4.60. The molecule has 5 rings (SSSR count). The fourth-order valence-electron chi connectivity index (χ4n) is 4.97. The number of hydrogen-bond donors (Lipinski definition) is 1. The summed E-state index contributed by atoms with van der Waals surface area (Å²) in [7, 11) is 1.67. The fraction of sp³-hybridized carbons (Fsp3) is 0.292. The summed E-state index contributed by atoms with van der Waals surface area (Å²) in [5, 5.41) is 9.03. The monoisotopic (exact) mass is 466 g/mol. The first-order chi connectivity index (χ1) is 15.5. The van der Waals surface area contributed by atoms with E-state index < -0.39 is 12.5 Å². The van der Waals surface area contributed by atoms with E-state index in [4.69, 9.17) is 22.1 Å². The highest BCUT2D eigenvalue weighted by molar-refractivity contribution is 8.26. The zero-order chi connectivity index (χ0) is 22.4. The minimum absolute atomic E-state index is 0.284. The second-order valence-corrected chi connectivity index (χ2v) is 9.83. The number of rotatable bonds is 5. The van der Waals surface area contributed by atoms with E-state index in [9.17, 15) is 9.59 Å². The Morgan fingerprint density at radius 2 is 2.03 bits per heavy atom. The zero-order valence-corrected chi connectivity index (χ0v) is 19.1. The Morgan fingerprint density at radius 3 is 2.75 bits per heavy atom. The van der Waals surface area contributed by atoms with Crippen molar-refractivity contribution in [3.05, 3.63) is 58.5 Å². The normalized spacial score (nSPS) is 23.1. The number of thiocarbonyl (C=S) groups is 1. The first-order valence-electron chi connectivity index (χ1n) is 10.5. The number of hydrogen-bond acceptors (Lipinski definition) is 6. The van der Waals surface area contributed by atoms with Crippen LogP contribution in [0.4, 0.5) is 11.4 Å². The van der Waals surface area contributed by atoms with Crippen LogP contribution in [-0.2, 0) is 9.59 Å². The van der Waals surface area contributed by atoms with Crippen molar-refractivity contribution in [2.45, 2.75) is 31.2 Å². The van der Waals surface area contributed by atoms with Crippen LogP contribution in [0.3, 0.4) is 0 Å². The van der Waals surface area contributed by atoms with E-state index in [0.717, 1.165) is 46.5 Å². The Labute approximate surface area is 195 Å². The summed E-state index contributed by atoms with van der Waals surface area (Å²) in [6.45, 7) is -0.410. The average Bonchev–Trinajstić information content (AvgIpc) is 3.44. The van der Waals surface area contributed by atoms with Gasteiger partial charge in [-0.3, -0.25) is 14.5 Å². The minimum atomic E-state index is -1.08. The second kappa shape index (κ2) is 8.26. The van der Waals surface area contributed by atoms with E-state index in [1.165, 1.54) is 17.7 Å². The van der Waals surface area contributed by atoms with Crippen LogP contribution in [-0.4, -0.2) is 45.9 Å². The summed E-state index contributed by atoms with van der Waals surface area (Å²) in [6.07, 6.45) is 5.31. The molecule has 0 spiro atoms. The van der Waals surface area contributed by atoms with Gasteiger partial charge in [-0.25, -0.2) is 0 Å². The van der Waals surface area contributed by atoms with Crippen molar-refractivity contribution in [2.75, 3.05) is 18.6 Å². The van der Waals surface area contributed by atoms with Crippen molar-refractivity contribution in [3.63, 3.8) is 0 Å². The van der Waals surface area contributed by atoms with Gasteiger partial charge in [-0.2, -0.15) is 0 Å². The fourth-order valence-corrected chi connectivity index (χ4v) is 6.22. The molecule has 1 saturated carbocycles. The molecule has 0 radical (unpaired) electrons. The van der Waals surface area contributed by atoms with E-state index in [2.05, 4.69) is 29.2 Å². The van der Waals surface area contributed by atoms with Gasteiger partial charge in [0.1, 0.15) is 16.6 Å². The third kappa shape index (κ3) is 3.57. The number of thioether (sulfide) groups is 1. The van der Waals surface area contributed by atoms with Crippen LogP contribution in [0.1, 0.15) is 36.3 Å². The van der Waals surface area contributed by atoms with E-state index in [-0.39, 0.29) is 10.2 Å². The first-order valence-corrected chi connectivity index (χ1v) is 11.7. The molecule has 6 nitrogen and oxygen atoms in total. The molecular formula is C24H22N2O4S2. The van der Waals surface area contributed by atoms with Gasteiger partial charge in [0.2, 0.25) is 0 Å². The van der Waals surface area contributed by atoms with Crippen LogP contribution in [0, 0.1) is 0 Å². The third-order valence-electron chi connectivity index (χ3n) is 6.34. The molecule has 1 N–H and O–H groups in total. The number of benzene rings is 2. The summed E-state index contributed by atoms with van der Waals surface area (Å²) < 4.78 is 5.60. The van der Waals surface area contributed by atoms with Gasteiger partial charge >= 0.3 is 5.97 Å². The van der Waals surface area contributed by atoms with Crippen molar-refractivity contribution < 1.29 is 19.4 Å². The van der Waals surface area contributed by atoms with E-state index in [1.54, 1.807) is 7.11 Å². The average molecular weight is 467 g/mol. The number of carbonyl (C=O) groups excluding carboxylic acids is 1. The van der Waals surface area contributed by atoms with Crippen molar-refractivity contribution in [3.8, 4) is 5.75 Å². The number of amides is 1. The maximum atomic E-state index is 12.6. The van der Waals surface area contributed by atoms with Gasteiger partial charge in [0.15, 0.2) is 0 Å². The molecule has 0 unspecified atom stereocenters. The lowest BCUT2D eigenvalue weighted by atomic mass is 9.96. The number of aliphatic carboxylic acids is 1. The molecule has 2 fully saturated rings. The Morgan fingerprint density at radius 1 is 1.25 bits per heavy atom. The Bertz CT molecular complexity index is 1150. The number of nitrogens with zero attached hydrogens (tertiary/aromatic N) is 2. The Kier molecular flexibility index (Phi) is 5.43.